The molecular formula is C12H11N5O3. The first-order valence-corrected chi connectivity index (χ1v) is 5.31. The molecule has 0 heterocycles. The lowest BCUT2D eigenvalue weighted by Crippen LogP contribution is -2.11. The molecular weight excluding hydrogens is 262 g/mol. The number of hydrogen-bond acceptors (Lipinski definition) is 7. The topological polar surface area (TPSA) is 120 Å². The molecule has 0 radical (unpaired) electrons. The van der Waals surface area contributed by atoms with Crippen LogP contribution in [0.4, 0.5) is 16.2 Å². The maximum atomic E-state index is 11.1. The van der Waals surface area contributed by atoms with Crippen molar-refractivity contribution >= 4 is 23.2 Å². The van der Waals surface area contributed by atoms with Crippen LogP contribution in [0.3, 0.4) is 0 Å². The first kappa shape index (κ1) is 14.8. The number of carbonyl (C=O) groups excluding carboxylic acids is 1. The van der Waals surface area contributed by atoms with Gasteiger partial charge in [0.2, 0.25) is 5.71 Å². The predicted molar refractivity (Wildman–Crippen MR) is 71.3 cm³/mol. The normalized spacial score (nSPS) is 8.60. The summed E-state index contributed by atoms with van der Waals surface area (Å²) in [7, 11) is 2.68. The maximum absolute atomic E-state index is 11.1. The van der Waals surface area contributed by atoms with Crippen LogP contribution in [0.1, 0.15) is 0 Å². The third-order valence-electron chi connectivity index (χ3n) is 2.13. The van der Waals surface area contributed by atoms with Gasteiger partial charge in [0.05, 0.1) is 25.6 Å². The van der Waals surface area contributed by atoms with Crippen molar-refractivity contribution in [2.24, 2.45) is 5.10 Å². The zero-order valence-corrected chi connectivity index (χ0v) is 10.8. The highest BCUT2D eigenvalue weighted by Crippen LogP contribution is 2.28. The van der Waals surface area contributed by atoms with Crippen LogP contribution in [0.25, 0.3) is 0 Å². The van der Waals surface area contributed by atoms with Crippen LogP contribution in [0.15, 0.2) is 23.3 Å². The zero-order valence-electron chi connectivity index (χ0n) is 10.8. The van der Waals surface area contributed by atoms with E-state index in [9.17, 15) is 4.79 Å². The van der Waals surface area contributed by atoms with Crippen LogP contribution in [0.5, 0.6) is 5.75 Å². The van der Waals surface area contributed by atoms with Crippen molar-refractivity contribution in [1.82, 2.24) is 0 Å². The molecule has 1 aromatic rings. The molecule has 0 unspecified atom stereocenters. The van der Waals surface area contributed by atoms with Crippen molar-refractivity contribution in [2.75, 3.05) is 25.0 Å². The SMILES string of the molecule is COC(=O)Nc1ccc(NN=C(C#N)C#N)cc1OC. The van der Waals surface area contributed by atoms with Gasteiger partial charge in [-0.05, 0) is 12.1 Å². The summed E-state index contributed by atoms with van der Waals surface area (Å²) in [5.74, 6) is 0.367. The second kappa shape index (κ2) is 7.24. The van der Waals surface area contributed by atoms with E-state index in [0.717, 1.165) is 0 Å². The number of carbonyl (C=O) groups is 1. The Bertz CT molecular complexity index is 596. The summed E-state index contributed by atoms with van der Waals surface area (Å²) in [5.41, 5.74) is 3.13. The van der Waals surface area contributed by atoms with Gasteiger partial charge < -0.3 is 9.47 Å². The third-order valence-corrected chi connectivity index (χ3v) is 2.13. The van der Waals surface area contributed by atoms with Crippen molar-refractivity contribution in [3.8, 4) is 17.9 Å². The predicted octanol–water partition coefficient (Wildman–Crippen LogP) is 1.69. The molecule has 1 aromatic carbocycles. The van der Waals surface area contributed by atoms with Crippen LogP contribution >= 0.6 is 0 Å². The van der Waals surface area contributed by atoms with Crippen molar-refractivity contribution < 1.29 is 14.3 Å². The van der Waals surface area contributed by atoms with Gasteiger partial charge in [-0.25, -0.2) is 4.79 Å². The van der Waals surface area contributed by atoms with Crippen molar-refractivity contribution in [1.29, 1.82) is 10.5 Å². The summed E-state index contributed by atoms with van der Waals surface area (Å²) >= 11 is 0. The minimum atomic E-state index is -0.627. The summed E-state index contributed by atoms with van der Waals surface area (Å²) in [6, 6.07) is 7.93. The van der Waals surface area contributed by atoms with Crippen molar-refractivity contribution in [3.63, 3.8) is 0 Å². The Balaban J connectivity index is 2.93. The van der Waals surface area contributed by atoms with Gasteiger partial charge in [0, 0.05) is 6.07 Å². The fraction of sp³-hybridized carbons (Fsp3) is 0.167. The van der Waals surface area contributed by atoms with Crippen LogP contribution < -0.4 is 15.5 Å². The number of hydrogen-bond donors (Lipinski definition) is 2. The first-order chi connectivity index (χ1) is 9.64. The molecule has 0 saturated heterocycles. The molecule has 0 spiro atoms. The Hall–Kier alpha value is -3.26. The largest absolute Gasteiger partial charge is 0.494 e. The Morgan fingerprint density at radius 1 is 1.30 bits per heavy atom. The van der Waals surface area contributed by atoms with E-state index < -0.39 is 6.09 Å². The molecule has 0 atom stereocenters. The van der Waals surface area contributed by atoms with Gasteiger partial charge in [-0.3, -0.25) is 10.7 Å². The molecule has 0 aliphatic heterocycles. The van der Waals surface area contributed by atoms with E-state index in [4.69, 9.17) is 15.3 Å². The van der Waals surface area contributed by atoms with Gasteiger partial charge >= 0.3 is 6.09 Å². The third kappa shape index (κ3) is 3.89. The van der Waals surface area contributed by atoms with E-state index in [1.54, 1.807) is 30.3 Å². The first-order valence-electron chi connectivity index (χ1n) is 5.31. The Labute approximate surface area is 115 Å². The molecule has 102 valence electrons. The molecule has 0 aliphatic carbocycles. The number of anilines is 2. The molecule has 1 rings (SSSR count). The highest BCUT2D eigenvalue weighted by molar-refractivity contribution is 6.10. The standard InChI is InChI=1S/C12H11N5O3/c1-19-11-5-8(16-17-9(6-13)7-14)3-4-10(11)15-12(18)20-2/h3-5,16H,1-2H3,(H,15,18). The number of hydrazone groups is 1. The average Bonchev–Trinajstić information content (AvgIpc) is 2.49. The second-order valence-corrected chi connectivity index (χ2v) is 3.33. The van der Waals surface area contributed by atoms with E-state index >= 15 is 0 Å². The lowest BCUT2D eigenvalue weighted by atomic mass is 10.2. The monoisotopic (exact) mass is 273 g/mol. The minimum absolute atomic E-state index is 0.305. The van der Waals surface area contributed by atoms with Crippen LogP contribution in [0.2, 0.25) is 0 Å². The van der Waals surface area contributed by atoms with E-state index in [1.165, 1.54) is 14.2 Å². The summed E-state index contributed by atoms with van der Waals surface area (Å²) in [6.45, 7) is 0. The lowest BCUT2D eigenvalue weighted by molar-refractivity contribution is 0.187. The minimum Gasteiger partial charge on any atom is -0.494 e. The highest BCUT2D eigenvalue weighted by Gasteiger charge is 2.08. The Morgan fingerprint density at radius 3 is 2.55 bits per heavy atom. The highest BCUT2D eigenvalue weighted by atomic mass is 16.5. The van der Waals surface area contributed by atoms with Gasteiger partial charge in [-0.2, -0.15) is 15.6 Å². The quantitative estimate of drug-likeness (QED) is 0.636. The zero-order chi connectivity index (χ0) is 15.0. The van der Waals surface area contributed by atoms with E-state index in [1.807, 2.05) is 0 Å². The molecule has 8 heteroatoms. The molecule has 2 N–H and O–H groups in total. The average molecular weight is 273 g/mol. The summed E-state index contributed by atoms with van der Waals surface area (Å²) in [5, 5.41) is 23.2. The molecule has 0 aliphatic rings. The van der Waals surface area contributed by atoms with Crippen molar-refractivity contribution in [3.05, 3.63) is 18.2 Å². The number of ether oxygens (including phenoxy) is 2. The van der Waals surface area contributed by atoms with E-state index in [0.29, 0.717) is 17.1 Å². The molecule has 1 amide bonds. The van der Waals surface area contributed by atoms with Crippen LogP contribution in [-0.4, -0.2) is 26.0 Å². The summed E-state index contributed by atoms with van der Waals surface area (Å²) in [4.78, 5) is 11.1. The number of benzene rings is 1. The van der Waals surface area contributed by atoms with Crippen LogP contribution in [0, 0.1) is 22.7 Å². The second-order valence-electron chi connectivity index (χ2n) is 3.33. The smallest absolute Gasteiger partial charge is 0.411 e. The fourth-order valence-corrected chi connectivity index (χ4v) is 1.22. The summed E-state index contributed by atoms with van der Waals surface area (Å²) < 4.78 is 9.58. The molecule has 0 bridgehead atoms. The molecule has 20 heavy (non-hydrogen) atoms. The van der Waals surface area contributed by atoms with Gasteiger partial charge in [-0.1, -0.05) is 0 Å². The molecule has 8 nitrogen and oxygen atoms in total. The number of methoxy groups -OCH3 is 2. The summed E-state index contributed by atoms with van der Waals surface area (Å²) in [6.07, 6.45) is -0.627. The van der Waals surface area contributed by atoms with Gasteiger partial charge in [0.15, 0.2) is 0 Å². The van der Waals surface area contributed by atoms with Gasteiger partial charge in [0.25, 0.3) is 0 Å². The van der Waals surface area contributed by atoms with E-state index in [2.05, 4.69) is 20.6 Å². The number of nitrogens with zero attached hydrogens (tertiary/aromatic N) is 3. The number of amides is 1. The fourth-order valence-electron chi connectivity index (χ4n) is 1.22. The van der Waals surface area contributed by atoms with Crippen molar-refractivity contribution in [2.45, 2.75) is 0 Å². The number of rotatable bonds is 4. The molecule has 0 fully saturated rings. The molecule has 0 aromatic heterocycles. The van der Waals surface area contributed by atoms with Gasteiger partial charge in [-0.15, -0.1) is 0 Å². The maximum Gasteiger partial charge on any atom is 0.411 e. The van der Waals surface area contributed by atoms with Crippen LogP contribution in [-0.2, 0) is 4.74 Å². The lowest BCUT2D eigenvalue weighted by Gasteiger charge is -2.10. The molecule has 0 saturated carbocycles. The number of nitriles is 2. The van der Waals surface area contributed by atoms with Gasteiger partial charge in [0.1, 0.15) is 17.9 Å². The van der Waals surface area contributed by atoms with E-state index in [-0.39, 0.29) is 5.71 Å². The Kier molecular flexibility index (Phi) is 5.35. The Morgan fingerprint density at radius 2 is 2.00 bits per heavy atom. The number of nitrogens with one attached hydrogen (secondary N) is 2.